The Labute approximate surface area is 158 Å². The van der Waals surface area contributed by atoms with Crippen LogP contribution in [-0.4, -0.2) is 9.97 Å². The summed E-state index contributed by atoms with van der Waals surface area (Å²) in [4.78, 5) is 10.3. The first-order valence-electron chi connectivity index (χ1n) is 9.40. The molecule has 0 aliphatic carbocycles. The smallest absolute Gasteiger partial charge is 0.0979 e. The molecule has 0 aliphatic heterocycles. The van der Waals surface area contributed by atoms with Gasteiger partial charge in [0.25, 0.3) is 0 Å². The number of benzene rings is 4. The fraction of sp³-hybridized carbons (Fsp3) is 0.120. The van der Waals surface area contributed by atoms with Crippen LogP contribution in [0.5, 0.6) is 0 Å². The molecule has 4 aromatic carbocycles. The molecule has 27 heavy (non-hydrogen) atoms. The molecule has 2 nitrogen and oxygen atoms in total. The van der Waals surface area contributed by atoms with Gasteiger partial charge in [-0.3, -0.25) is 0 Å². The van der Waals surface area contributed by atoms with Crippen molar-refractivity contribution in [2.75, 3.05) is 0 Å². The van der Waals surface area contributed by atoms with Crippen molar-refractivity contribution < 1.29 is 0 Å². The molecule has 5 aromatic rings. The molecule has 0 radical (unpaired) electrons. The monoisotopic (exact) mass is 348 g/mol. The zero-order chi connectivity index (χ0) is 18.4. The highest BCUT2D eigenvalue weighted by Crippen LogP contribution is 2.36. The Hall–Kier alpha value is -3.26. The molecule has 1 heterocycles. The van der Waals surface area contributed by atoms with Gasteiger partial charge in [-0.2, -0.15) is 0 Å². The number of hydrogen-bond acceptors (Lipinski definition) is 2. The lowest BCUT2D eigenvalue weighted by Crippen LogP contribution is -2.02. The Morgan fingerprint density at radius 3 is 1.59 bits per heavy atom. The quantitative estimate of drug-likeness (QED) is 0.331. The van der Waals surface area contributed by atoms with Gasteiger partial charge < -0.3 is 0 Å². The van der Waals surface area contributed by atoms with E-state index in [1.165, 1.54) is 16.2 Å². The predicted molar refractivity (Wildman–Crippen MR) is 114 cm³/mol. The van der Waals surface area contributed by atoms with E-state index >= 15 is 0 Å². The van der Waals surface area contributed by atoms with E-state index in [1.54, 1.807) is 0 Å². The molecule has 5 rings (SSSR count). The van der Waals surface area contributed by atoms with E-state index in [2.05, 4.69) is 86.6 Å². The van der Waals surface area contributed by atoms with Gasteiger partial charge in [0.1, 0.15) is 0 Å². The molecule has 0 aliphatic rings. The lowest BCUT2D eigenvalue weighted by molar-refractivity contribution is 0.826. The maximum atomic E-state index is 5.18. The third kappa shape index (κ3) is 2.48. The topological polar surface area (TPSA) is 25.8 Å². The van der Waals surface area contributed by atoms with Crippen LogP contribution in [0.2, 0.25) is 0 Å². The lowest BCUT2D eigenvalue weighted by Gasteiger charge is -2.15. The molecular formula is C25H20N2. The Morgan fingerprint density at radius 2 is 1.04 bits per heavy atom. The van der Waals surface area contributed by atoms with E-state index in [-0.39, 0.29) is 0 Å². The van der Waals surface area contributed by atoms with Crippen LogP contribution < -0.4 is 0 Å². The highest BCUT2D eigenvalue weighted by Gasteiger charge is 2.17. The molecule has 0 bridgehead atoms. The average molecular weight is 348 g/mol. The van der Waals surface area contributed by atoms with Crippen LogP contribution in [0.1, 0.15) is 25.5 Å². The molecule has 0 amide bonds. The largest absolute Gasteiger partial charge is 0.248 e. The minimum absolute atomic E-state index is 0.294. The first-order valence-corrected chi connectivity index (χ1v) is 9.40. The normalized spacial score (nSPS) is 11.7. The second-order valence-corrected chi connectivity index (χ2v) is 7.27. The molecule has 130 valence electrons. The summed E-state index contributed by atoms with van der Waals surface area (Å²) in [6.45, 7) is 4.37. The van der Waals surface area contributed by atoms with Crippen molar-refractivity contribution in [2.45, 2.75) is 19.8 Å². The Bertz CT molecular complexity index is 1290. The van der Waals surface area contributed by atoms with E-state index < -0.39 is 0 Å². The van der Waals surface area contributed by atoms with Gasteiger partial charge in [0.2, 0.25) is 0 Å². The molecule has 0 fully saturated rings. The van der Waals surface area contributed by atoms with Crippen LogP contribution >= 0.6 is 0 Å². The second kappa shape index (κ2) is 6.17. The Kier molecular flexibility index (Phi) is 3.64. The van der Waals surface area contributed by atoms with Crippen molar-refractivity contribution in [3.63, 3.8) is 0 Å². The highest BCUT2D eigenvalue weighted by atomic mass is 14.8. The van der Waals surface area contributed by atoms with Crippen molar-refractivity contribution in [2.24, 2.45) is 0 Å². The summed E-state index contributed by atoms with van der Waals surface area (Å²) in [7, 11) is 0. The number of fused-ring (bicyclic) bond motifs is 6. The molecule has 0 unspecified atom stereocenters. The van der Waals surface area contributed by atoms with Crippen LogP contribution in [0.4, 0.5) is 0 Å². The van der Waals surface area contributed by atoms with Gasteiger partial charge in [0, 0.05) is 16.3 Å². The summed E-state index contributed by atoms with van der Waals surface area (Å²) in [6.07, 6.45) is 0. The summed E-state index contributed by atoms with van der Waals surface area (Å²) < 4.78 is 0. The van der Waals surface area contributed by atoms with Gasteiger partial charge in [0.15, 0.2) is 0 Å². The van der Waals surface area contributed by atoms with E-state index in [9.17, 15) is 0 Å². The first kappa shape index (κ1) is 16.0. The van der Waals surface area contributed by atoms with Crippen molar-refractivity contribution in [1.29, 1.82) is 0 Å². The summed E-state index contributed by atoms with van der Waals surface area (Å²) >= 11 is 0. The number of rotatable bonds is 2. The molecule has 1 aromatic heterocycles. The van der Waals surface area contributed by atoms with Gasteiger partial charge in [0.05, 0.1) is 22.4 Å². The average Bonchev–Trinajstić information content (AvgIpc) is 2.73. The minimum atomic E-state index is 0.294. The van der Waals surface area contributed by atoms with E-state index in [0.717, 1.165) is 33.4 Å². The van der Waals surface area contributed by atoms with Crippen molar-refractivity contribution >= 4 is 32.6 Å². The third-order valence-corrected chi connectivity index (χ3v) is 5.17. The van der Waals surface area contributed by atoms with E-state index in [4.69, 9.17) is 9.97 Å². The highest BCUT2D eigenvalue weighted by molar-refractivity contribution is 6.23. The second-order valence-electron chi connectivity index (χ2n) is 7.27. The molecular weight excluding hydrogens is 328 g/mol. The van der Waals surface area contributed by atoms with Gasteiger partial charge in [-0.05, 0) is 16.7 Å². The number of hydrogen-bond donors (Lipinski definition) is 0. The molecule has 2 heteroatoms. The van der Waals surface area contributed by atoms with E-state index in [0.29, 0.717) is 5.92 Å². The Balaban J connectivity index is 2.01. The molecule has 0 atom stereocenters. The van der Waals surface area contributed by atoms with Crippen molar-refractivity contribution in [3.05, 3.63) is 84.6 Å². The number of nitrogens with zero attached hydrogens (tertiary/aromatic N) is 2. The predicted octanol–water partition coefficient (Wildman–Crippen LogP) is 6.73. The summed E-state index contributed by atoms with van der Waals surface area (Å²) in [5.41, 5.74) is 5.13. The maximum absolute atomic E-state index is 5.18. The summed E-state index contributed by atoms with van der Waals surface area (Å²) in [5.74, 6) is 0.294. The van der Waals surface area contributed by atoms with Crippen LogP contribution in [0.15, 0.2) is 78.9 Å². The maximum Gasteiger partial charge on any atom is 0.0979 e. The van der Waals surface area contributed by atoms with Crippen LogP contribution in [0.25, 0.3) is 43.8 Å². The van der Waals surface area contributed by atoms with Crippen LogP contribution in [-0.2, 0) is 0 Å². The van der Waals surface area contributed by atoms with Gasteiger partial charge in [-0.15, -0.1) is 0 Å². The van der Waals surface area contributed by atoms with Gasteiger partial charge in [-0.25, -0.2) is 9.97 Å². The fourth-order valence-electron chi connectivity index (χ4n) is 3.88. The van der Waals surface area contributed by atoms with Gasteiger partial charge in [-0.1, -0.05) is 92.7 Å². The standard InChI is InChI=1S/C25H20N2/c1-16(2)22-23(17-10-4-3-5-11-17)27-25-21-15-9-7-13-19(21)18-12-6-8-14-20(18)24(25)26-22/h3-16H,1-2H3. The SMILES string of the molecule is CC(C)c1nc2c3ccccc3c3ccccc3c2nc1-c1ccccc1. The fourth-order valence-corrected chi connectivity index (χ4v) is 3.88. The summed E-state index contributed by atoms with van der Waals surface area (Å²) in [6, 6.07) is 27.4. The molecule has 0 saturated carbocycles. The molecule has 0 spiro atoms. The lowest BCUT2D eigenvalue weighted by atomic mass is 9.97. The van der Waals surface area contributed by atoms with Crippen LogP contribution in [0, 0.1) is 0 Å². The third-order valence-electron chi connectivity index (χ3n) is 5.17. The van der Waals surface area contributed by atoms with Crippen molar-refractivity contribution in [1.82, 2.24) is 9.97 Å². The summed E-state index contributed by atoms with van der Waals surface area (Å²) in [5, 5.41) is 4.79. The molecule has 0 N–H and O–H groups in total. The minimum Gasteiger partial charge on any atom is -0.248 e. The first-order chi connectivity index (χ1) is 13.2. The van der Waals surface area contributed by atoms with Gasteiger partial charge >= 0.3 is 0 Å². The molecule has 0 saturated heterocycles. The number of aromatic nitrogens is 2. The van der Waals surface area contributed by atoms with Crippen LogP contribution in [0.3, 0.4) is 0 Å². The van der Waals surface area contributed by atoms with Crippen molar-refractivity contribution in [3.8, 4) is 11.3 Å². The Morgan fingerprint density at radius 1 is 0.556 bits per heavy atom. The zero-order valence-corrected chi connectivity index (χ0v) is 15.5. The van der Waals surface area contributed by atoms with E-state index in [1.807, 2.05) is 6.07 Å². The zero-order valence-electron chi connectivity index (χ0n) is 15.5.